The molecule has 0 spiro atoms. The van der Waals surface area contributed by atoms with Gasteiger partial charge in [0.1, 0.15) is 16.5 Å². The third-order valence-corrected chi connectivity index (χ3v) is 4.40. The summed E-state index contributed by atoms with van der Waals surface area (Å²) in [5.41, 5.74) is 0.927. The zero-order valence-corrected chi connectivity index (χ0v) is 16.8. The topological polar surface area (TPSA) is 84.9 Å². The molecule has 7 nitrogen and oxygen atoms in total. The van der Waals surface area contributed by atoms with Crippen LogP contribution in [0, 0.1) is 0 Å². The molecule has 1 heterocycles. The lowest BCUT2D eigenvalue weighted by atomic mass is 10.2. The average Bonchev–Trinajstić information content (AvgIpc) is 2.91. The monoisotopic (exact) mass is 414 g/mol. The Kier molecular flexibility index (Phi) is 5.89. The molecule has 1 aliphatic rings. The van der Waals surface area contributed by atoms with E-state index in [0.717, 1.165) is 4.90 Å². The van der Waals surface area contributed by atoms with Crippen LogP contribution in [0.15, 0.2) is 59.3 Å². The zero-order valence-electron chi connectivity index (χ0n) is 16.1. The van der Waals surface area contributed by atoms with Crippen molar-refractivity contribution in [2.75, 3.05) is 17.3 Å². The Hall–Kier alpha value is -3.32. The van der Waals surface area contributed by atoms with Crippen LogP contribution in [0.3, 0.4) is 0 Å². The standard InChI is InChI=1S/C21H19ClN2O5/c1-12(2)29-21(27)13-6-4-8-15(10-13)24-19(25)17(22)18(20(24)26)23-14-7-5-9-16(11-14)28-3/h4-12,23H,1-3H3. The summed E-state index contributed by atoms with van der Waals surface area (Å²) < 4.78 is 10.3. The van der Waals surface area contributed by atoms with Crippen LogP contribution in [0.5, 0.6) is 5.75 Å². The van der Waals surface area contributed by atoms with E-state index in [1.165, 1.54) is 13.2 Å². The number of nitrogens with one attached hydrogen (secondary N) is 1. The summed E-state index contributed by atoms with van der Waals surface area (Å²) in [4.78, 5) is 38.6. The number of benzene rings is 2. The van der Waals surface area contributed by atoms with Crippen LogP contribution in [0.4, 0.5) is 11.4 Å². The van der Waals surface area contributed by atoms with Crippen molar-refractivity contribution in [3.8, 4) is 5.75 Å². The number of methoxy groups -OCH3 is 1. The van der Waals surface area contributed by atoms with Crippen molar-refractivity contribution in [3.63, 3.8) is 0 Å². The van der Waals surface area contributed by atoms with Crippen LogP contribution in [0.2, 0.25) is 0 Å². The molecule has 0 aromatic heterocycles. The number of esters is 1. The van der Waals surface area contributed by atoms with Crippen molar-refractivity contribution in [2.45, 2.75) is 20.0 Å². The summed E-state index contributed by atoms with van der Waals surface area (Å²) in [6.45, 7) is 3.46. The third-order valence-electron chi connectivity index (χ3n) is 4.05. The molecule has 2 aromatic rings. The Labute approximate surface area is 172 Å². The molecule has 0 saturated carbocycles. The predicted molar refractivity (Wildman–Crippen MR) is 109 cm³/mol. The Bertz CT molecular complexity index is 1020. The van der Waals surface area contributed by atoms with Crippen molar-refractivity contribution in [1.82, 2.24) is 0 Å². The summed E-state index contributed by atoms with van der Waals surface area (Å²) in [6.07, 6.45) is -0.295. The largest absolute Gasteiger partial charge is 0.497 e. The number of hydrogen-bond donors (Lipinski definition) is 1. The molecule has 29 heavy (non-hydrogen) atoms. The van der Waals surface area contributed by atoms with Crippen molar-refractivity contribution in [3.05, 3.63) is 64.8 Å². The second-order valence-electron chi connectivity index (χ2n) is 6.50. The second kappa shape index (κ2) is 8.36. The maximum absolute atomic E-state index is 12.9. The SMILES string of the molecule is COc1cccc(NC2=C(Cl)C(=O)N(c3cccc(C(=O)OC(C)C)c3)C2=O)c1. The second-order valence-corrected chi connectivity index (χ2v) is 6.87. The van der Waals surface area contributed by atoms with E-state index in [1.807, 2.05) is 0 Å². The predicted octanol–water partition coefficient (Wildman–Crippen LogP) is 3.70. The molecule has 8 heteroatoms. The van der Waals surface area contributed by atoms with Gasteiger partial charge in [0.15, 0.2) is 0 Å². The van der Waals surface area contributed by atoms with Crippen molar-refractivity contribution in [1.29, 1.82) is 0 Å². The number of carbonyl (C=O) groups excluding carboxylic acids is 3. The van der Waals surface area contributed by atoms with Crippen molar-refractivity contribution >= 4 is 40.8 Å². The third kappa shape index (κ3) is 4.25. The minimum Gasteiger partial charge on any atom is -0.497 e. The first-order valence-electron chi connectivity index (χ1n) is 8.82. The number of anilines is 2. The molecular weight excluding hydrogens is 396 g/mol. The first-order chi connectivity index (χ1) is 13.8. The van der Waals surface area contributed by atoms with Gasteiger partial charge in [-0.25, -0.2) is 9.69 Å². The minimum absolute atomic E-state index is 0.0555. The van der Waals surface area contributed by atoms with Gasteiger partial charge >= 0.3 is 5.97 Å². The molecule has 3 rings (SSSR count). The molecule has 0 bridgehead atoms. The first-order valence-corrected chi connectivity index (χ1v) is 9.20. The lowest BCUT2D eigenvalue weighted by Crippen LogP contribution is -2.32. The Morgan fingerprint density at radius 2 is 1.79 bits per heavy atom. The molecule has 0 aliphatic carbocycles. The van der Waals surface area contributed by atoms with Crippen LogP contribution >= 0.6 is 11.6 Å². The highest BCUT2D eigenvalue weighted by Gasteiger charge is 2.39. The van der Waals surface area contributed by atoms with Crippen LogP contribution in [0.25, 0.3) is 0 Å². The fourth-order valence-corrected chi connectivity index (χ4v) is 2.96. The average molecular weight is 415 g/mol. The highest BCUT2D eigenvalue weighted by Crippen LogP contribution is 2.31. The van der Waals surface area contributed by atoms with Gasteiger partial charge in [-0.05, 0) is 44.2 Å². The molecule has 0 radical (unpaired) electrons. The van der Waals surface area contributed by atoms with Gasteiger partial charge in [0, 0.05) is 11.8 Å². The molecular formula is C21H19ClN2O5. The fraction of sp³-hybridized carbons (Fsp3) is 0.190. The summed E-state index contributed by atoms with van der Waals surface area (Å²) in [5.74, 6) is -1.28. The van der Waals surface area contributed by atoms with Crippen molar-refractivity contribution in [2.24, 2.45) is 0 Å². The van der Waals surface area contributed by atoms with E-state index in [1.54, 1.807) is 56.3 Å². The fourth-order valence-electron chi connectivity index (χ4n) is 2.75. The van der Waals surface area contributed by atoms with Gasteiger partial charge in [-0.15, -0.1) is 0 Å². The van der Waals surface area contributed by atoms with E-state index in [2.05, 4.69) is 5.32 Å². The van der Waals surface area contributed by atoms with Gasteiger partial charge in [0.05, 0.1) is 24.5 Å². The van der Waals surface area contributed by atoms with E-state index >= 15 is 0 Å². The lowest BCUT2D eigenvalue weighted by Gasteiger charge is -2.16. The normalized spacial score (nSPS) is 13.9. The van der Waals surface area contributed by atoms with E-state index in [-0.39, 0.29) is 28.1 Å². The number of imide groups is 1. The number of nitrogens with zero attached hydrogens (tertiary/aromatic N) is 1. The highest BCUT2D eigenvalue weighted by atomic mass is 35.5. The number of halogens is 1. The minimum atomic E-state index is -0.684. The smallest absolute Gasteiger partial charge is 0.338 e. The number of amides is 2. The highest BCUT2D eigenvalue weighted by molar-refractivity contribution is 6.53. The molecule has 1 aliphatic heterocycles. The zero-order chi connectivity index (χ0) is 21.1. The Morgan fingerprint density at radius 3 is 2.48 bits per heavy atom. The van der Waals surface area contributed by atoms with E-state index in [9.17, 15) is 14.4 Å². The van der Waals surface area contributed by atoms with Crippen LogP contribution in [-0.2, 0) is 14.3 Å². The maximum atomic E-state index is 12.9. The molecule has 2 amide bonds. The first kappa shape index (κ1) is 20.4. The molecule has 0 fully saturated rings. The molecule has 0 atom stereocenters. The number of ether oxygens (including phenoxy) is 2. The maximum Gasteiger partial charge on any atom is 0.338 e. The van der Waals surface area contributed by atoms with Gasteiger partial charge in [-0.1, -0.05) is 23.7 Å². The van der Waals surface area contributed by atoms with Gasteiger partial charge in [0.2, 0.25) is 0 Å². The summed E-state index contributed by atoms with van der Waals surface area (Å²) in [5, 5.41) is 2.63. The molecule has 150 valence electrons. The van der Waals surface area contributed by atoms with Crippen LogP contribution in [0.1, 0.15) is 24.2 Å². The Morgan fingerprint density at radius 1 is 1.07 bits per heavy atom. The van der Waals surface area contributed by atoms with Crippen molar-refractivity contribution < 1.29 is 23.9 Å². The van der Waals surface area contributed by atoms with Gasteiger partial charge in [0.25, 0.3) is 11.8 Å². The number of rotatable bonds is 6. The lowest BCUT2D eigenvalue weighted by molar-refractivity contribution is -0.120. The summed E-state index contributed by atoms with van der Waals surface area (Å²) >= 11 is 6.15. The van der Waals surface area contributed by atoms with Crippen LogP contribution < -0.4 is 15.0 Å². The summed E-state index contributed by atoms with van der Waals surface area (Å²) in [6, 6.07) is 12.9. The van der Waals surface area contributed by atoms with Crippen LogP contribution in [-0.4, -0.2) is 31.0 Å². The molecule has 0 saturated heterocycles. The van der Waals surface area contributed by atoms with Gasteiger partial charge in [-0.2, -0.15) is 0 Å². The quantitative estimate of drug-likeness (QED) is 0.573. The Balaban J connectivity index is 1.87. The van der Waals surface area contributed by atoms with E-state index < -0.39 is 17.8 Å². The molecule has 2 aromatic carbocycles. The summed E-state index contributed by atoms with van der Waals surface area (Å²) in [7, 11) is 1.52. The number of hydrogen-bond acceptors (Lipinski definition) is 6. The van der Waals surface area contributed by atoms with E-state index in [4.69, 9.17) is 21.1 Å². The number of carbonyl (C=O) groups is 3. The van der Waals surface area contributed by atoms with Gasteiger partial charge < -0.3 is 14.8 Å². The molecule has 0 unspecified atom stereocenters. The molecule has 1 N–H and O–H groups in total. The van der Waals surface area contributed by atoms with E-state index in [0.29, 0.717) is 11.4 Å². The van der Waals surface area contributed by atoms with Gasteiger partial charge in [-0.3, -0.25) is 9.59 Å².